The van der Waals surface area contributed by atoms with Crippen LogP contribution in [0.15, 0.2) is 24.3 Å². The molecule has 1 heterocycles. The third-order valence-electron chi connectivity index (χ3n) is 4.14. The van der Waals surface area contributed by atoms with Crippen LogP contribution in [0.2, 0.25) is 0 Å². The number of fused-ring (bicyclic) bond motifs is 1. The van der Waals surface area contributed by atoms with Crippen molar-refractivity contribution >= 4 is 22.9 Å². The first-order valence-corrected chi connectivity index (χ1v) is 7.76. The predicted octanol–water partition coefficient (Wildman–Crippen LogP) is 2.83. The van der Waals surface area contributed by atoms with Gasteiger partial charge in [-0.1, -0.05) is 25.0 Å². The highest BCUT2D eigenvalue weighted by Crippen LogP contribution is 2.35. The average molecular weight is 286 g/mol. The second kappa shape index (κ2) is 6.26. The maximum atomic E-state index is 12.0. The van der Waals surface area contributed by atoms with E-state index in [0.717, 1.165) is 23.9 Å². The molecule has 112 valence electrons. The largest absolute Gasteiger partial charge is 0.330 e. The summed E-state index contributed by atoms with van der Waals surface area (Å²) >= 11 is 0. The SMILES string of the molecule is NCCCC(=O)Nc1nc2ccccc2n1C1CCCC1. The molecular weight excluding hydrogens is 264 g/mol. The monoisotopic (exact) mass is 286 g/mol. The Balaban J connectivity index is 1.92. The summed E-state index contributed by atoms with van der Waals surface area (Å²) in [6, 6.07) is 8.53. The van der Waals surface area contributed by atoms with Gasteiger partial charge in [0.1, 0.15) is 0 Å². The quantitative estimate of drug-likeness (QED) is 0.887. The molecule has 1 aromatic heterocycles. The molecule has 3 rings (SSSR count). The van der Waals surface area contributed by atoms with E-state index in [1.807, 2.05) is 18.2 Å². The summed E-state index contributed by atoms with van der Waals surface area (Å²) in [5.74, 6) is 0.681. The number of imidazole rings is 1. The number of carbonyl (C=O) groups excluding carboxylic acids is 1. The molecule has 2 aromatic rings. The fourth-order valence-corrected chi connectivity index (χ4v) is 3.11. The van der Waals surface area contributed by atoms with Gasteiger partial charge in [0.15, 0.2) is 0 Å². The number of benzene rings is 1. The van der Waals surface area contributed by atoms with Gasteiger partial charge in [-0.15, -0.1) is 0 Å². The van der Waals surface area contributed by atoms with E-state index >= 15 is 0 Å². The molecule has 0 spiro atoms. The normalized spacial score (nSPS) is 15.7. The van der Waals surface area contributed by atoms with Crippen LogP contribution in [0, 0.1) is 0 Å². The summed E-state index contributed by atoms with van der Waals surface area (Å²) in [5, 5.41) is 2.97. The second-order valence-electron chi connectivity index (χ2n) is 5.67. The summed E-state index contributed by atoms with van der Waals surface area (Å²) in [7, 11) is 0. The van der Waals surface area contributed by atoms with E-state index < -0.39 is 0 Å². The van der Waals surface area contributed by atoms with Crippen LogP contribution in [0.4, 0.5) is 5.95 Å². The Labute approximate surface area is 124 Å². The number of rotatable bonds is 5. The third kappa shape index (κ3) is 2.93. The van der Waals surface area contributed by atoms with Crippen LogP contribution in [0.3, 0.4) is 0 Å². The van der Waals surface area contributed by atoms with Gasteiger partial charge in [-0.05, 0) is 37.9 Å². The Hall–Kier alpha value is -1.88. The van der Waals surface area contributed by atoms with Crippen LogP contribution in [0.25, 0.3) is 11.0 Å². The van der Waals surface area contributed by atoms with E-state index in [4.69, 9.17) is 5.73 Å². The van der Waals surface area contributed by atoms with Gasteiger partial charge >= 0.3 is 0 Å². The summed E-state index contributed by atoms with van der Waals surface area (Å²) in [4.78, 5) is 16.6. The highest BCUT2D eigenvalue weighted by atomic mass is 16.1. The molecule has 0 radical (unpaired) electrons. The molecule has 1 saturated carbocycles. The fraction of sp³-hybridized carbons (Fsp3) is 0.500. The first kappa shape index (κ1) is 14.1. The van der Waals surface area contributed by atoms with Crippen molar-refractivity contribution < 1.29 is 4.79 Å². The van der Waals surface area contributed by atoms with Crippen molar-refractivity contribution in [2.45, 2.75) is 44.6 Å². The van der Waals surface area contributed by atoms with Gasteiger partial charge in [0.2, 0.25) is 11.9 Å². The molecule has 0 unspecified atom stereocenters. The molecule has 0 atom stereocenters. The molecule has 0 aliphatic heterocycles. The van der Waals surface area contributed by atoms with E-state index in [0.29, 0.717) is 31.4 Å². The van der Waals surface area contributed by atoms with Crippen molar-refractivity contribution in [1.82, 2.24) is 9.55 Å². The Morgan fingerprint density at radius 3 is 2.86 bits per heavy atom. The number of hydrogen-bond donors (Lipinski definition) is 2. The predicted molar refractivity (Wildman–Crippen MR) is 84.2 cm³/mol. The number of amides is 1. The van der Waals surface area contributed by atoms with Crippen LogP contribution < -0.4 is 11.1 Å². The first-order valence-electron chi connectivity index (χ1n) is 7.76. The van der Waals surface area contributed by atoms with Crippen LogP contribution in [0.5, 0.6) is 0 Å². The Morgan fingerprint density at radius 1 is 1.33 bits per heavy atom. The number of hydrogen-bond acceptors (Lipinski definition) is 3. The van der Waals surface area contributed by atoms with E-state index in [1.165, 1.54) is 12.8 Å². The minimum atomic E-state index is -0.00463. The maximum absolute atomic E-state index is 12.0. The zero-order chi connectivity index (χ0) is 14.7. The lowest BCUT2D eigenvalue weighted by atomic mass is 10.2. The van der Waals surface area contributed by atoms with Crippen LogP contribution in [0.1, 0.15) is 44.6 Å². The Morgan fingerprint density at radius 2 is 2.10 bits per heavy atom. The summed E-state index contributed by atoms with van der Waals surface area (Å²) < 4.78 is 2.21. The Kier molecular flexibility index (Phi) is 4.20. The molecule has 0 bridgehead atoms. The minimum absolute atomic E-state index is 0.00463. The van der Waals surface area contributed by atoms with Crippen LogP contribution in [-0.4, -0.2) is 22.0 Å². The lowest BCUT2D eigenvalue weighted by Gasteiger charge is -2.16. The first-order chi connectivity index (χ1) is 10.3. The lowest BCUT2D eigenvalue weighted by Crippen LogP contribution is -2.18. The zero-order valence-corrected chi connectivity index (χ0v) is 12.2. The van der Waals surface area contributed by atoms with Crippen LogP contribution >= 0.6 is 0 Å². The van der Waals surface area contributed by atoms with Gasteiger partial charge in [0.25, 0.3) is 0 Å². The minimum Gasteiger partial charge on any atom is -0.330 e. The Bertz CT molecular complexity index is 628. The number of nitrogens with one attached hydrogen (secondary N) is 1. The molecule has 3 N–H and O–H groups in total. The van der Waals surface area contributed by atoms with E-state index in [1.54, 1.807) is 0 Å². The molecule has 5 nitrogen and oxygen atoms in total. The van der Waals surface area contributed by atoms with Gasteiger partial charge in [-0.2, -0.15) is 0 Å². The van der Waals surface area contributed by atoms with Crippen molar-refractivity contribution in [3.8, 4) is 0 Å². The standard InChI is InChI=1S/C16H22N4O/c17-11-5-10-15(21)19-16-18-13-8-3-4-9-14(13)20(16)12-6-1-2-7-12/h3-4,8-9,12H,1-2,5-7,10-11,17H2,(H,18,19,21). The molecule has 1 aliphatic carbocycles. The maximum Gasteiger partial charge on any atom is 0.226 e. The van der Waals surface area contributed by atoms with Gasteiger partial charge in [-0.25, -0.2) is 4.98 Å². The molecule has 1 amide bonds. The highest BCUT2D eigenvalue weighted by molar-refractivity contribution is 5.91. The number of para-hydroxylation sites is 2. The molecule has 1 fully saturated rings. The van der Waals surface area contributed by atoms with E-state index in [2.05, 4.69) is 20.9 Å². The molecule has 1 aromatic carbocycles. The number of anilines is 1. The van der Waals surface area contributed by atoms with Gasteiger partial charge in [0.05, 0.1) is 11.0 Å². The number of nitrogens with two attached hydrogens (primary N) is 1. The third-order valence-corrected chi connectivity index (χ3v) is 4.14. The van der Waals surface area contributed by atoms with Crippen molar-refractivity contribution in [3.05, 3.63) is 24.3 Å². The molecule has 1 aliphatic rings. The second-order valence-corrected chi connectivity index (χ2v) is 5.67. The number of nitrogens with zero attached hydrogens (tertiary/aromatic N) is 2. The summed E-state index contributed by atoms with van der Waals surface area (Å²) in [6.45, 7) is 0.534. The lowest BCUT2D eigenvalue weighted by molar-refractivity contribution is -0.116. The summed E-state index contributed by atoms with van der Waals surface area (Å²) in [5.41, 5.74) is 7.51. The smallest absolute Gasteiger partial charge is 0.226 e. The van der Waals surface area contributed by atoms with E-state index in [9.17, 15) is 4.79 Å². The van der Waals surface area contributed by atoms with E-state index in [-0.39, 0.29) is 5.91 Å². The molecule has 5 heteroatoms. The van der Waals surface area contributed by atoms with Crippen molar-refractivity contribution in [3.63, 3.8) is 0 Å². The van der Waals surface area contributed by atoms with Gasteiger partial charge in [0, 0.05) is 12.5 Å². The zero-order valence-electron chi connectivity index (χ0n) is 12.2. The number of carbonyl (C=O) groups is 1. The molecule has 0 saturated heterocycles. The highest BCUT2D eigenvalue weighted by Gasteiger charge is 2.23. The van der Waals surface area contributed by atoms with Crippen molar-refractivity contribution in [1.29, 1.82) is 0 Å². The molecular formula is C16H22N4O. The average Bonchev–Trinajstić information content (AvgIpc) is 3.11. The fourth-order valence-electron chi connectivity index (χ4n) is 3.11. The van der Waals surface area contributed by atoms with Crippen molar-refractivity contribution in [2.75, 3.05) is 11.9 Å². The van der Waals surface area contributed by atoms with Crippen LogP contribution in [-0.2, 0) is 4.79 Å². The van der Waals surface area contributed by atoms with Crippen molar-refractivity contribution in [2.24, 2.45) is 5.73 Å². The topological polar surface area (TPSA) is 72.9 Å². The number of aromatic nitrogens is 2. The summed E-state index contributed by atoms with van der Waals surface area (Å²) in [6.07, 6.45) is 5.97. The molecule has 21 heavy (non-hydrogen) atoms. The van der Waals surface area contributed by atoms with Gasteiger partial charge in [-0.3, -0.25) is 10.1 Å². The van der Waals surface area contributed by atoms with Gasteiger partial charge < -0.3 is 10.3 Å².